The SMILES string of the molecule is O=C(NC1[C@@H]2CC3C[C@H]1CC(O)(C3)C2)c1cnn(C2CCCC2)c1-n1cccn1. The Morgan fingerprint density at radius 3 is 2.55 bits per heavy atom. The van der Waals surface area contributed by atoms with Gasteiger partial charge >= 0.3 is 0 Å². The Morgan fingerprint density at radius 2 is 1.90 bits per heavy atom. The molecule has 5 atom stereocenters. The van der Waals surface area contributed by atoms with Gasteiger partial charge < -0.3 is 10.4 Å². The molecule has 2 heterocycles. The van der Waals surface area contributed by atoms with Crippen LogP contribution in [0.25, 0.3) is 5.82 Å². The Bertz CT molecular complexity index is 898. The van der Waals surface area contributed by atoms with Crippen molar-refractivity contribution in [1.82, 2.24) is 24.9 Å². The average Bonchev–Trinajstić information content (AvgIpc) is 3.43. The lowest BCUT2D eigenvalue weighted by atomic mass is 9.52. The van der Waals surface area contributed by atoms with Gasteiger partial charge in [-0.3, -0.25) is 4.79 Å². The van der Waals surface area contributed by atoms with E-state index in [2.05, 4.69) is 15.5 Å². The van der Waals surface area contributed by atoms with Crippen molar-refractivity contribution in [2.75, 3.05) is 0 Å². The van der Waals surface area contributed by atoms with Crippen LogP contribution in [0.5, 0.6) is 0 Å². The zero-order chi connectivity index (χ0) is 19.6. The maximum absolute atomic E-state index is 13.4. The number of nitrogens with zero attached hydrogens (tertiary/aromatic N) is 4. The molecule has 3 unspecified atom stereocenters. The van der Waals surface area contributed by atoms with E-state index in [9.17, 15) is 9.90 Å². The molecule has 154 valence electrons. The van der Waals surface area contributed by atoms with E-state index >= 15 is 0 Å². The molecule has 5 fully saturated rings. The number of hydrogen-bond donors (Lipinski definition) is 2. The largest absolute Gasteiger partial charge is 0.390 e. The standard InChI is InChI=1S/C22H29N5O2/c28-20(25-19-15-8-14-9-16(19)12-22(29,10-14)11-15)18-13-24-27(17-4-1-2-5-17)21(18)26-7-3-6-23-26/h3,6-7,13-17,19,29H,1-2,4-5,8-12H2,(H,25,28)/t14?,15-,16+,19?,22?. The summed E-state index contributed by atoms with van der Waals surface area (Å²) in [7, 11) is 0. The van der Waals surface area contributed by atoms with Gasteiger partial charge in [-0.05, 0) is 68.8 Å². The number of carbonyl (C=O) groups is 1. The maximum atomic E-state index is 13.4. The Morgan fingerprint density at radius 1 is 1.14 bits per heavy atom. The summed E-state index contributed by atoms with van der Waals surface area (Å²) in [5.41, 5.74) is 0.124. The maximum Gasteiger partial charge on any atom is 0.256 e. The first kappa shape index (κ1) is 17.7. The molecule has 4 bridgehead atoms. The Hall–Kier alpha value is -2.15. The molecule has 7 nitrogen and oxygen atoms in total. The Balaban J connectivity index is 1.30. The summed E-state index contributed by atoms with van der Waals surface area (Å²) >= 11 is 0. The van der Waals surface area contributed by atoms with Crippen LogP contribution in [-0.4, -0.2) is 42.2 Å². The second-order valence-corrected chi connectivity index (χ2v) is 9.91. The molecule has 5 aliphatic carbocycles. The number of hydrogen-bond acceptors (Lipinski definition) is 4. The van der Waals surface area contributed by atoms with Crippen LogP contribution in [0.1, 0.15) is 74.2 Å². The number of carbonyl (C=O) groups excluding carboxylic acids is 1. The van der Waals surface area contributed by atoms with E-state index in [4.69, 9.17) is 0 Å². The van der Waals surface area contributed by atoms with Gasteiger partial charge in [0.1, 0.15) is 5.56 Å². The lowest BCUT2D eigenvalue weighted by Gasteiger charge is -2.58. The Kier molecular flexibility index (Phi) is 3.92. The third-order valence-electron chi connectivity index (χ3n) is 7.94. The Labute approximate surface area is 170 Å². The van der Waals surface area contributed by atoms with Gasteiger partial charge in [-0.25, -0.2) is 9.36 Å². The first-order chi connectivity index (χ1) is 14.1. The van der Waals surface area contributed by atoms with E-state index in [1.807, 2.05) is 16.9 Å². The highest BCUT2D eigenvalue weighted by Gasteiger charge is 2.55. The molecule has 0 radical (unpaired) electrons. The van der Waals surface area contributed by atoms with Crippen molar-refractivity contribution >= 4 is 5.91 Å². The molecule has 0 saturated heterocycles. The molecule has 7 rings (SSSR count). The topological polar surface area (TPSA) is 85.0 Å². The van der Waals surface area contributed by atoms with Crippen molar-refractivity contribution in [3.63, 3.8) is 0 Å². The van der Waals surface area contributed by atoms with Crippen molar-refractivity contribution < 1.29 is 9.90 Å². The fourth-order valence-corrected chi connectivity index (χ4v) is 7.00. The number of nitrogens with one attached hydrogen (secondary N) is 1. The molecule has 1 amide bonds. The van der Waals surface area contributed by atoms with Crippen molar-refractivity contribution in [2.45, 2.75) is 75.5 Å². The summed E-state index contributed by atoms with van der Waals surface area (Å²) < 4.78 is 3.79. The number of amides is 1. The lowest BCUT2D eigenvalue weighted by molar-refractivity contribution is -0.136. The summed E-state index contributed by atoms with van der Waals surface area (Å²) in [6, 6.07) is 2.39. The quantitative estimate of drug-likeness (QED) is 0.834. The van der Waals surface area contributed by atoms with Crippen LogP contribution < -0.4 is 5.32 Å². The zero-order valence-corrected chi connectivity index (χ0v) is 16.7. The van der Waals surface area contributed by atoms with Crippen molar-refractivity contribution in [1.29, 1.82) is 0 Å². The molecule has 2 N–H and O–H groups in total. The summed E-state index contributed by atoms with van der Waals surface area (Å²) in [5, 5.41) is 23.2. The van der Waals surface area contributed by atoms with Crippen LogP contribution in [0.3, 0.4) is 0 Å². The van der Waals surface area contributed by atoms with E-state index in [-0.39, 0.29) is 11.9 Å². The molecule has 0 aromatic carbocycles. The number of aliphatic hydroxyl groups is 1. The second-order valence-electron chi connectivity index (χ2n) is 9.91. The molecule has 7 heteroatoms. The van der Waals surface area contributed by atoms with Crippen LogP contribution in [0.2, 0.25) is 0 Å². The summed E-state index contributed by atoms with van der Waals surface area (Å²) in [5.74, 6) is 2.16. The molecule has 0 aliphatic heterocycles. The van der Waals surface area contributed by atoms with Crippen molar-refractivity contribution in [3.8, 4) is 5.82 Å². The van der Waals surface area contributed by atoms with Crippen molar-refractivity contribution in [3.05, 3.63) is 30.2 Å². The van der Waals surface area contributed by atoms with Gasteiger partial charge in [0.05, 0.1) is 17.8 Å². The fourth-order valence-electron chi connectivity index (χ4n) is 7.00. The minimum Gasteiger partial charge on any atom is -0.390 e. The summed E-state index contributed by atoms with van der Waals surface area (Å²) in [6.45, 7) is 0. The van der Waals surface area contributed by atoms with E-state index in [1.165, 1.54) is 12.8 Å². The number of rotatable bonds is 4. The second kappa shape index (κ2) is 6.42. The molecule has 2 aromatic rings. The fraction of sp³-hybridized carbons (Fsp3) is 0.682. The molecule has 5 aliphatic rings. The minimum atomic E-state index is -0.481. The zero-order valence-electron chi connectivity index (χ0n) is 16.7. The van der Waals surface area contributed by atoms with E-state index in [0.29, 0.717) is 29.4 Å². The predicted octanol–water partition coefficient (Wildman–Crippen LogP) is 2.85. The van der Waals surface area contributed by atoms with Crippen LogP contribution in [-0.2, 0) is 0 Å². The minimum absolute atomic E-state index is 0.0517. The molecule has 5 saturated carbocycles. The molecular weight excluding hydrogens is 366 g/mol. The molecular formula is C22H29N5O2. The van der Waals surface area contributed by atoms with Gasteiger partial charge in [0.15, 0.2) is 5.82 Å². The lowest BCUT2D eigenvalue weighted by Crippen LogP contribution is -2.61. The molecule has 2 aromatic heterocycles. The third kappa shape index (κ3) is 2.85. The van der Waals surface area contributed by atoms with Gasteiger partial charge in [0.2, 0.25) is 0 Å². The van der Waals surface area contributed by atoms with Crippen molar-refractivity contribution in [2.24, 2.45) is 17.8 Å². The van der Waals surface area contributed by atoms with E-state index in [0.717, 1.165) is 50.8 Å². The smallest absolute Gasteiger partial charge is 0.256 e. The van der Waals surface area contributed by atoms with Crippen LogP contribution in [0.4, 0.5) is 0 Å². The average molecular weight is 396 g/mol. The number of aromatic nitrogens is 4. The van der Waals surface area contributed by atoms with E-state index in [1.54, 1.807) is 17.1 Å². The highest BCUT2D eigenvalue weighted by molar-refractivity contribution is 5.97. The predicted molar refractivity (Wildman–Crippen MR) is 107 cm³/mol. The van der Waals surface area contributed by atoms with Gasteiger partial charge in [-0.1, -0.05) is 12.8 Å². The first-order valence-corrected chi connectivity index (χ1v) is 11.2. The van der Waals surface area contributed by atoms with Gasteiger partial charge in [0.25, 0.3) is 5.91 Å². The van der Waals surface area contributed by atoms with Gasteiger partial charge in [-0.2, -0.15) is 10.2 Å². The summed E-state index contributed by atoms with van der Waals surface area (Å²) in [6.07, 6.45) is 14.9. The normalized spacial score (nSPS) is 36.0. The molecule has 29 heavy (non-hydrogen) atoms. The van der Waals surface area contributed by atoms with E-state index < -0.39 is 5.60 Å². The monoisotopic (exact) mass is 395 g/mol. The van der Waals surface area contributed by atoms with Gasteiger partial charge in [-0.15, -0.1) is 0 Å². The van der Waals surface area contributed by atoms with Crippen LogP contribution >= 0.6 is 0 Å². The third-order valence-corrected chi connectivity index (χ3v) is 7.94. The summed E-state index contributed by atoms with van der Waals surface area (Å²) in [4.78, 5) is 13.4. The van der Waals surface area contributed by atoms with Crippen LogP contribution in [0.15, 0.2) is 24.7 Å². The van der Waals surface area contributed by atoms with Gasteiger partial charge in [0, 0.05) is 18.4 Å². The molecule has 0 spiro atoms. The first-order valence-electron chi connectivity index (χ1n) is 11.2. The highest BCUT2D eigenvalue weighted by atomic mass is 16.3. The van der Waals surface area contributed by atoms with Crippen LogP contribution in [0, 0.1) is 17.8 Å². The highest BCUT2D eigenvalue weighted by Crippen LogP contribution is 2.55.